The van der Waals surface area contributed by atoms with Gasteiger partial charge in [0.05, 0.1) is 20.3 Å². The predicted molar refractivity (Wildman–Crippen MR) is 98.7 cm³/mol. The molecule has 5 nitrogen and oxygen atoms in total. The number of amides is 1. The van der Waals surface area contributed by atoms with Crippen molar-refractivity contribution >= 4 is 16.7 Å². The molecule has 1 saturated heterocycles. The Morgan fingerprint density at radius 1 is 1.24 bits per heavy atom. The Morgan fingerprint density at radius 3 is 2.84 bits per heavy atom. The normalized spacial score (nSPS) is 17.7. The summed E-state index contributed by atoms with van der Waals surface area (Å²) in [6.07, 6.45) is 2.25. The number of carbonyl (C=O) groups is 1. The summed E-state index contributed by atoms with van der Waals surface area (Å²) in [5.41, 5.74) is 6.61. The lowest BCUT2D eigenvalue weighted by molar-refractivity contribution is -0.139. The molecule has 0 bridgehead atoms. The van der Waals surface area contributed by atoms with Gasteiger partial charge in [0.1, 0.15) is 11.9 Å². The summed E-state index contributed by atoms with van der Waals surface area (Å²) >= 11 is 0. The fraction of sp³-hybridized carbons (Fsp3) is 0.450. The third-order valence-corrected chi connectivity index (χ3v) is 4.71. The summed E-state index contributed by atoms with van der Waals surface area (Å²) in [4.78, 5) is 14.3. The van der Waals surface area contributed by atoms with Gasteiger partial charge in [0.25, 0.3) is 0 Å². The first kappa shape index (κ1) is 17.7. The van der Waals surface area contributed by atoms with Crippen molar-refractivity contribution in [2.45, 2.75) is 25.4 Å². The average molecular weight is 342 g/mol. The molecule has 25 heavy (non-hydrogen) atoms. The standard InChI is InChI=1S/C20H26N2O3/c1-24-18-8-7-15-12-17(6-5-16(15)13-18)19-14-22(10-11-25-19)20(23)4-2-3-9-21/h5-8,12-13,19H,2-4,9-11,14,21H2,1H3/t19-/m0/s1. The minimum atomic E-state index is -0.0706. The Hall–Kier alpha value is -2.11. The van der Waals surface area contributed by atoms with E-state index in [0.717, 1.165) is 34.9 Å². The molecular weight excluding hydrogens is 316 g/mol. The molecular formula is C20H26N2O3. The summed E-state index contributed by atoms with van der Waals surface area (Å²) in [5, 5.41) is 2.28. The second-order valence-corrected chi connectivity index (χ2v) is 6.42. The quantitative estimate of drug-likeness (QED) is 0.820. The maximum atomic E-state index is 12.3. The smallest absolute Gasteiger partial charge is 0.222 e. The average Bonchev–Trinajstić information content (AvgIpc) is 2.67. The van der Waals surface area contributed by atoms with Gasteiger partial charge in [-0.3, -0.25) is 4.79 Å². The minimum Gasteiger partial charge on any atom is -0.497 e. The lowest BCUT2D eigenvalue weighted by atomic mass is 10.0. The van der Waals surface area contributed by atoms with E-state index < -0.39 is 0 Å². The third kappa shape index (κ3) is 4.30. The number of carbonyl (C=O) groups excluding carboxylic acids is 1. The van der Waals surface area contributed by atoms with E-state index >= 15 is 0 Å². The fourth-order valence-electron chi connectivity index (χ4n) is 3.23. The van der Waals surface area contributed by atoms with E-state index in [2.05, 4.69) is 24.3 Å². The van der Waals surface area contributed by atoms with E-state index in [9.17, 15) is 4.79 Å². The molecule has 0 unspecified atom stereocenters. The summed E-state index contributed by atoms with van der Waals surface area (Å²) in [6, 6.07) is 12.3. The van der Waals surface area contributed by atoms with E-state index in [4.69, 9.17) is 15.2 Å². The highest BCUT2D eigenvalue weighted by atomic mass is 16.5. The number of benzene rings is 2. The third-order valence-electron chi connectivity index (χ3n) is 4.71. The molecule has 3 rings (SSSR count). The molecule has 0 radical (unpaired) electrons. The Balaban J connectivity index is 1.70. The van der Waals surface area contributed by atoms with Gasteiger partial charge < -0.3 is 20.1 Å². The highest BCUT2D eigenvalue weighted by Gasteiger charge is 2.25. The molecule has 1 aliphatic heterocycles. The highest BCUT2D eigenvalue weighted by Crippen LogP contribution is 2.28. The maximum absolute atomic E-state index is 12.3. The van der Waals surface area contributed by atoms with Crippen LogP contribution in [-0.4, -0.2) is 44.2 Å². The molecule has 2 aromatic carbocycles. The van der Waals surface area contributed by atoms with Crippen molar-refractivity contribution in [3.05, 3.63) is 42.0 Å². The Morgan fingerprint density at radius 2 is 2.04 bits per heavy atom. The van der Waals surface area contributed by atoms with E-state index in [-0.39, 0.29) is 12.0 Å². The molecule has 134 valence electrons. The van der Waals surface area contributed by atoms with Crippen LogP contribution in [0.2, 0.25) is 0 Å². The van der Waals surface area contributed by atoms with Gasteiger partial charge in [-0.25, -0.2) is 0 Å². The summed E-state index contributed by atoms with van der Waals surface area (Å²) in [6.45, 7) is 2.50. The molecule has 1 fully saturated rings. The van der Waals surface area contributed by atoms with Gasteiger partial charge in [0.15, 0.2) is 0 Å². The lowest BCUT2D eigenvalue weighted by Gasteiger charge is -2.33. The van der Waals surface area contributed by atoms with Crippen LogP contribution in [-0.2, 0) is 9.53 Å². The molecule has 2 N–H and O–H groups in total. The fourth-order valence-corrected chi connectivity index (χ4v) is 3.23. The van der Waals surface area contributed by atoms with Crippen LogP contribution in [0.25, 0.3) is 10.8 Å². The van der Waals surface area contributed by atoms with Crippen molar-refractivity contribution in [2.24, 2.45) is 5.73 Å². The Kier molecular flexibility index (Phi) is 5.89. The largest absolute Gasteiger partial charge is 0.497 e. The Bertz CT molecular complexity index is 732. The molecule has 1 aliphatic rings. The maximum Gasteiger partial charge on any atom is 0.222 e. The number of unbranched alkanes of at least 4 members (excludes halogenated alkanes) is 1. The molecule has 1 atom stereocenters. The zero-order valence-electron chi connectivity index (χ0n) is 14.7. The summed E-state index contributed by atoms with van der Waals surface area (Å²) in [7, 11) is 1.67. The second kappa shape index (κ2) is 8.32. The molecule has 0 saturated carbocycles. The van der Waals surface area contributed by atoms with Crippen LogP contribution in [0.5, 0.6) is 5.75 Å². The first-order valence-electron chi connectivity index (χ1n) is 8.88. The number of morpholine rings is 1. The zero-order chi connectivity index (χ0) is 17.6. The SMILES string of the molecule is COc1ccc2cc([C@@H]3CN(C(=O)CCCCN)CCO3)ccc2c1. The van der Waals surface area contributed by atoms with Gasteiger partial charge in [0.2, 0.25) is 5.91 Å². The summed E-state index contributed by atoms with van der Waals surface area (Å²) in [5.74, 6) is 1.05. The van der Waals surface area contributed by atoms with Crippen LogP contribution in [0.4, 0.5) is 0 Å². The first-order valence-corrected chi connectivity index (χ1v) is 8.88. The van der Waals surface area contributed by atoms with E-state index in [1.807, 2.05) is 17.0 Å². The molecule has 0 spiro atoms. The monoisotopic (exact) mass is 342 g/mol. The number of hydrogen-bond donors (Lipinski definition) is 1. The molecule has 5 heteroatoms. The van der Waals surface area contributed by atoms with Crippen LogP contribution in [0.1, 0.15) is 30.9 Å². The van der Waals surface area contributed by atoms with Gasteiger partial charge in [-0.1, -0.05) is 18.2 Å². The Labute approximate surface area is 148 Å². The number of nitrogens with two attached hydrogens (primary N) is 1. The zero-order valence-corrected chi connectivity index (χ0v) is 14.7. The van der Waals surface area contributed by atoms with Gasteiger partial charge >= 0.3 is 0 Å². The van der Waals surface area contributed by atoms with E-state index in [0.29, 0.717) is 32.7 Å². The van der Waals surface area contributed by atoms with E-state index in [1.165, 1.54) is 0 Å². The van der Waals surface area contributed by atoms with Gasteiger partial charge in [-0.15, -0.1) is 0 Å². The first-order chi connectivity index (χ1) is 12.2. The number of rotatable bonds is 6. The second-order valence-electron chi connectivity index (χ2n) is 6.42. The predicted octanol–water partition coefficient (Wildman–Crippen LogP) is 2.88. The molecule has 1 amide bonds. The van der Waals surface area contributed by atoms with Crippen LogP contribution in [0, 0.1) is 0 Å². The van der Waals surface area contributed by atoms with E-state index in [1.54, 1.807) is 7.11 Å². The van der Waals surface area contributed by atoms with Gasteiger partial charge in [0, 0.05) is 13.0 Å². The van der Waals surface area contributed by atoms with Crippen molar-refractivity contribution in [3.63, 3.8) is 0 Å². The van der Waals surface area contributed by atoms with Gasteiger partial charge in [-0.2, -0.15) is 0 Å². The van der Waals surface area contributed by atoms with Crippen molar-refractivity contribution in [1.29, 1.82) is 0 Å². The van der Waals surface area contributed by atoms with Gasteiger partial charge in [-0.05, 0) is 53.9 Å². The van der Waals surface area contributed by atoms with Crippen LogP contribution in [0.15, 0.2) is 36.4 Å². The number of nitrogens with zero attached hydrogens (tertiary/aromatic N) is 1. The topological polar surface area (TPSA) is 64.8 Å². The van der Waals surface area contributed by atoms with Crippen molar-refractivity contribution in [2.75, 3.05) is 33.4 Å². The molecule has 0 aromatic heterocycles. The number of methoxy groups -OCH3 is 1. The van der Waals surface area contributed by atoms with Crippen LogP contribution in [0.3, 0.4) is 0 Å². The molecule has 2 aromatic rings. The van der Waals surface area contributed by atoms with Crippen molar-refractivity contribution in [3.8, 4) is 5.75 Å². The number of hydrogen-bond acceptors (Lipinski definition) is 4. The van der Waals surface area contributed by atoms with Crippen molar-refractivity contribution in [1.82, 2.24) is 4.90 Å². The number of ether oxygens (including phenoxy) is 2. The molecule has 0 aliphatic carbocycles. The molecule has 1 heterocycles. The minimum absolute atomic E-state index is 0.0706. The number of fused-ring (bicyclic) bond motifs is 1. The summed E-state index contributed by atoms with van der Waals surface area (Å²) < 4.78 is 11.2. The highest BCUT2D eigenvalue weighted by molar-refractivity contribution is 5.84. The lowest BCUT2D eigenvalue weighted by Crippen LogP contribution is -2.42. The van der Waals surface area contributed by atoms with Crippen molar-refractivity contribution < 1.29 is 14.3 Å². The van der Waals surface area contributed by atoms with Crippen LogP contribution < -0.4 is 10.5 Å². The van der Waals surface area contributed by atoms with Crippen LogP contribution >= 0.6 is 0 Å².